The molecule has 0 aromatic carbocycles. The molecule has 0 unspecified atom stereocenters. The number of amides is 2. The molecule has 0 saturated heterocycles. The van der Waals surface area contributed by atoms with Crippen LogP contribution in [-0.2, 0) is 14.4 Å². The summed E-state index contributed by atoms with van der Waals surface area (Å²) in [5, 5.41) is 4.84. The minimum absolute atomic E-state index is 0.0289. The molecule has 6 nitrogen and oxygen atoms in total. The first-order valence-electron chi connectivity index (χ1n) is 8.68. The number of nitrogens with one attached hydrogen (secondary N) is 2. The van der Waals surface area contributed by atoms with Gasteiger partial charge in [-0.3, -0.25) is 14.4 Å². The van der Waals surface area contributed by atoms with Crippen molar-refractivity contribution in [1.82, 2.24) is 15.3 Å². The van der Waals surface area contributed by atoms with Gasteiger partial charge in [-0.15, -0.1) is 0 Å². The lowest BCUT2D eigenvalue weighted by molar-refractivity contribution is -0.126. The number of ketones is 1. The lowest BCUT2D eigenvalue weighted by atomic mass is 9.88. The lowest BCUT2D eigenvalue weighted by Crippen LogP contribution is -2.44. The van der Waals surface area contributed by atoms with E-state index in [9.17, 15) is 14.4 Å². The number of unbranched alkanes of at least 4 members (excludes halogenated alkanes) is 2. The number of hydrogen-bond acceptors (Lipinski definition) is 4. The van der Waals surface area contributed by atoms with Crippen molar-refractivity contribution in [2.24, 2.45) is 5.41 Å². The zero-order valence-corrected chi connectivity index (χ0v) is 15.6. The van der Waals surface area contributed by atoms with Crippen molar-refractivity contribution in [2.45, 2.75) is 71.8 Å². The molecule has 0 heterocycles. The van der Waals surface area contributed by atoms with Crippen molar-refractivity contribution < 1.29 is 14.4 Å². The molecule has 0 aromatic rings. The zero-order valence-electron chi connectivity index (χ0n) is 15.6. The summed E-state index contributed by atoms with van der Waals surface area (Å²) in [6, 6.07) is -0.693. The number of rotatable bonds is 12. The molecule has 2 N–H and O–H groups in total. The van der Waals surface area contributed by atoms with Gasteiger partial charge in [0.25, 0.3) is 0 Å². The van der Waals surface area contributed by atoms with Crippen molar-refractivity contribution >= 4 is 41.5 Å². The van der Waals surface area contributed by atoms with Gasteiger partial charge in [0.15, 0.2) is 16.0 Å². The van der Waals surface area contributed by atoms with Crippen LogP contribution in [0.1, 0.15) is 65.7 Å². The molecule has 0 bridgehead atoms. The normalized spacial score (nSPS) is 12.6. The quantitative estimate of drug-likeness (QED) is 0.399. The molecule has 25 heavy (non-hydrogen) atoms. The van der Waals surface area contributed by atoms with Crippen molar-refractivity contribution in [3.05, 3.63) is 0 Å². The van der Waals surface area contributed by atoms with Gasteiger partial charge in [-0.1, -0.05) is 20.8 Å². The molecule has 0 saturated carbocycles. The van der Waals surface area contributed by atoms with Crippen LogP contribution in [-0.4, -0.2) is 58.8 Å². The van der Waals surface area contributed by atoms with E-state index >= 15 is 0 Å². The fourth-order valence-corrected chi connectivity index (χ4v) is 2.24. The van der Waals surface area contributed by atoms with E-state index in [2.05, 4.69) is 5.32 Å². The summed E-state index contributed by atoms with van der Waals surface area (Å²) in [6.45, 7) is 6.22. The molecule has 6 radical (unpaired) electrons. The second kappa shape index (κ2) is 12.2. The zero-order chi connectivity index (χ0) is 19.5. The SMILES string of the molecule is [B]NC(=O)[C@H](CCCCNC(=O)CCCCC(=O)C(C)(C)C)N([B])[B]. The number of Topliss-reactive ketones (excluding diaryl/α,β-unsaturated/α-hetero) is 1. The molecule has 0 fully saturated rings. The smallest absolute Gasteiger partial charge is 0.226 e. The molecular formula is C16H28B3N3O3. The number of carbonyl (C=O) groups excluding carboxylic acids is 3. The summed E-state index contributed by atoms with van der Waals surface area (Å²) in [5.74, 6) is -0.254. The van der Waals surface area contributed by atoms with Gasteiger partial charge < -0.3 is 15.3 Å². The van der Waals surface area contributed by atoms with Gasteiger partial charge in [-0.05, 0) is 32.1 Å². The maximum atomic E-state index is 11.8. The molecule has 1 atom stereocenters. The third-order valence-electron chi connectivity index (χ3n) is 3.93. The predicted octanol–water partition coefficient (Wildman–Crippen LogP) is 0.486. The lowest BCUT2D eigenvalue weighted by Gasteiger charge is -2.23. The number of nitrogens with zero attached hydrogens (tertiary/aromatic N) is 1. The predicted molar refractivity (Wildman–Crippen MR) is 101 cm³/mol. The Balaban J connectivity index is 3.77. The Bertz CT molecular complexity index is 440. The molecule has 0 aliphatic rings. The van der Waals surface area contributed by atoms with Gasteiger partial charge in [-0.2, -0.15) is 0 Å². The van der Waals surface area contributed by atoms with Crippen LogP contribution in [0.5, 0.6) is 0 Å². The second-order valence-electron chi connectivity index (χ2n) is 7.20. The van der Waals surface area contributed by atoms with Crippen molar-refractivity contribution in [1.29, 1.82) is 0 Å². The summed E-state index contributed by atoms with van der Waals surface area (Å²) in [5.41, 5.74) is -0.316. The molecule has 134 valence electrons. The molecule has 0 aromatic heterocycles. The monoisotopic (exact) mass is 343 g/mol. The highest BCUT2D eigenvalue weighted by atomic mass is 16.2. The van der Waals surface area contributed by atoms with Crippen LogP contribution in [0.25, 0.3) is 0 Å². The molecule has 2 amide bonds. The van der Waals surface area contributed by atoms with Crippen molar-refractivity contribution in [3.8, 4) is 0 Å². The first kappa shape index (κ1) is 23.8. The van der Waals surface area contributed by atoms with Gasteiger partial charge >= 0.3 is 0 Å². The topological polar surface area (TPSA) is 78.5 Å². The highest BCUT2D eigenvalue weighted by Gasteiger charge is 2.20. The highest BCUT2D eigenvalue weighted by molar-refractivity contribution is 6.27. The maximum absolute atomic E-state index is 11.8. The summed E-state index contributed by atoms with van der Waals surface area (Å²) in [4.78, 5) is 34.9. The Hall–Kier alpha value is -1.24. The average molecular weight is 343 g/mol. The van der Waals surface area contributed by atoms with Gasteiger partial charge in [0.2, 0.25) is 19.8 Å². The number of hydrogen-bond donors (Lipinski definition) is 2. The maximum Gasteiger partial charge on any atom is 0.226 e. The van der Waals surface area contributed by atoms with Gasteiger partial charge in [0.05, 0.1) is 6.04 Å². The Labute approximate surface area is 155 Å². The van der Waals surface area contributed by atoms with E-state index in [1.165, 1.54) is 0 Å². The van der Waals surface area contributed by atoms with Crippen LogP contribution in [0.15, 0.2) is 0 Å². The molecule has 0 aliphatic heterocycles. The largest absolute Gasteiger partial charge is 0.408 e. The molecular weight excluding hydrogens is 315 g/mol. The van der Waals surface area contributed by atoms with Crippen LogP contribution in [0.3, 0.4) is 0 Å². The number of carbonyl (C=O) groups is 3. The minimum atomic E-state index is -0.693. The molecule has 0 spiro atoms. The Morgan fingerprint density at radius 3 is 2.12 bits per heavy atom. The summed E-state index contributed by atoms with van der Waals surface area (Å²) >= 11 is 0. The van der Waals surface area contributed by atoms with Gasteiger partial charge in [-0.25, -0.2) is 0 Å². The summed E-state index contributed by atoms with van der Waals surface area (Å²) in [6.07, 6.45) is 4.16. The van der Waals surface area contributed by atoms with Crippen LogP contribution in [0.4, 0.5) is 0 Å². The molecule has 9 heteroatoms. The standard InChI is InChI=1S/C16H28B3N3O3/c1-16(2,3)13(23)9-4-5-10-14(24)20-11-7-6-8-12(22(18)19)15(25)21-17/h12H,4-11H2,1-3H3,(H,20,24)(H,21,25)/t12-/m0/s1. The minimum Gasteiger partial charge on any atom is -0.408 e. The first-order chi connectivity index (χ1) is 11.6. The van der Waals surface area contributed by atoms with Crippen LogP contribution in [0.2, 0.25) is 0 Å². The Morgan fingerprint density at radius 2 is 1.60 bits per heavy atom. The van der Waals surface area contributed by atoms with E-state index in [4.69, 9.17) is 23.9 Å². The van der Waals surface area contributed by atoms with Gasteiger partial charge in [0.1, 0.15) is 5.78 Å². The van der Waals surface area contributed by atoms with Crippen molar-refractivity contribution in [2.75, 3.05) is 6.54 Å². The van der Waals surface area contributed by atoms with E-state index < -0.39 is 11.9 Å². The highest BCUT2D eigenvalue weighted by Crippen LogP contribution is 2.18. The molecule has 0 rings (SSSR count). The fourth-order valence-electron chi connectivity index (χ4n) is 2.24. The summed E-state index contributed by atoms with van der Waals surface area (Å²) in [7, 11) is 15.9. The molecule has 0 aliphatic carbocycles. The Kier molecular flexibility index (Phi) is 11.6. The average Bonchev–Trinajstić information content (AvgIpc) is 2.52. The summed E-state index contributed by atoms with van der Waals surface area (Å²) < 4.78 is 0.833. The van der Waals surface area contributed by atoms with Crippen LogP contribution < -0.4 is 10.5 Å². The third kappa shape index (κ3) is 11.1. The third-order valence-corrected chi connectivity index (χ3v) is 3.93. The van der Waals surface area contributed by atoms with E-state index in [1.54, 1.807) is 0 Å². The van der Waals surface area contributed by atoms with E-state index in [1.807, 2.05) is 26.0 Å². The van der Waals surface area contributed by atoms with E-state index in [-0.39, 0.29) is 17.1 Å². The van der Waals surface area contributed by atoms with Crippen LogP contribution in [0, 0.1) is 5.41 Å². The fraction of sp³-hybridized carbons (Fsp3) is 0.812. The van der Waals surface area contributed by atoms with E-state index in [0.29, 0.717) is 45.1 Å². The Morgan fingerprint density at radius 1 is 1.00 bits per heavy atom. The second-order valence-corrected chi connectivity index (χ2v) is 7.20. The van der Waals surface area contributed by atoms with Crippen molar-refractivity contribution in [3.63, 3.8) is 0 Å². The van der Waals surface area contributed by atoms with Gasteiger partial charge in [0, 0.05) is 24.8 Å². The van der Waals surface area contributed by atoms with E-state index in [0.717, 1.165) is 11.1 Å². The first-order valence-corrected chi connectivity index (χ1v) is 8.68. The van der Waals surface area contributed by atoms with Crippen LogP contribution >= 0.6 is 0 Å².